The second-order valence-corrected chi connectivity index (χ2v) is 10.2. The highest BCUT2D eigenvalue weighted by atomic mass is 32.2. The van der Waals surface area contributed by atoms with Gasteiger partial charge >= 0.3 is 0 Å². The van der Waals surface area contributed by atoms with E-state index < -0.39 is 21.5 Å². The van der Waals surface area contributed by atoms with Crippen LogP contribution in [0.4, 0.5) is 0 Å². The molecular weight excluding hydrogens is 464 g/mol. The van der Waals surface area contributed by atoms with Gasteiger partial charge in [-0.2, -0.15) is 0 Å². The van der Waals surface area contributed by atoms with E-state index in [-0.39, 0.29) is 40.7 Å². The number of sulfonamides is 1. The Hall–Kier alpha value is -2.66. The molecule has 1 aromatic carbocycles. The number of amides is 2. The molecule has 0 saturated carbocycles. The summed E-state index contributed by atoms with van der Waals surface area (Å²) in [7, 11) is -4.08. The fourth-order valence-electron chi connectivity index (χ4n) is 3.87. The molecule has 0 saturated heterocycles. The molecule has 1 aromatic rings. The monoisotopic (exact) mass is 496 g/mol. The van der Waals surface area contributed by atoms with Gasteiger partial charge in [0.05, 0.1) is 18.1 Å². The number of hydrogen-bond acceptors (Lipinski definition) is 6. The molecule has 0 radical (unpaired) electrons. The smallest absolute Gasteiger partial charge is 0.267 e. The molecule has 0 bridgehead atoms. The minimum atomic E-state index is -4.08. The zero-order valence-corrected chi connectivity index (χ0v) is 21.2. The van der Waals surface area contributed by atoms with Crippen LogP contribution in [-0.4, -0.2) is 38.5 Å². The van der Waals surface area contributed by atoms with E-state index in [2.05, 4.69) is 20.7 Å². The van der Waals surface area contributed by atoms with Crippen molar-refractivity contribution in [3.05, 3.63) is 35.5 Å². The fraction of sp³-hybridized carbons (Fsp3) is 0.500. The molecule has 182 valence electrons. The lowest BCUT2D eigenvalue weighted by molar-refractivity contribution is -0.128. The fourth-order valence-corrected chi connectivity index (χ4v) is 5.53. The van der Waals surface area contributed by atoms with E-state index >= 15 is 0 Å². The van der Waals surface area contributed by atoms with Crippen LogP contribution in [0.3, 0.4) is 0 Å². The van der Waals surface area contributed by atoms with Crippen molar-refractivity contribution in [2.24, 2.45) is 5.41 Å². The second kappa shape index (κ2) is 11.0. The Morgan fingerprint density at radius 2 is 2.00 bits per heavy atom. The molecular formula is C22H32N4O5S2. The van der Waals surface area contributed by atoms with Gasteiger partial charge < -0.3 is 20.7 Å². The van der Waals surface area contributed by atoms with E-state index in [1.54, 1.807) is 25.3 Å². The maximum absolute atomic E-state index is 13.1. The Labute approximate surface area is 200 Å². The molecule has 2 unspecified atom stereocenters. The standard InChI is InChI=1S/C22H32N4O5S2/c1-6-22(15(5)12-23-20(22)28)11-17(24-13-27)16-8-9-18(31-7-2)19(10-16)33(29,30)26-21(32)25-14(3)4/h8-10,12-14,17H,6-7,11H2,1-5H3,(H,23,28)(H,24,27)(H2,25,26,32). The van der Waals surface area contributed by atoms with Gasteiger partial charge in [-0.15, -0.1) is 0 Å². The van der Waals surface area contributed by atoms with Crippen LogP contribution in [-0.2, 0) is 19.6 Å². The first-order chi connectivity index (χ1) is 15.5. The van der Waals surface area contributed by atoms with Gasteiger partial charge in [0, 0.05) is 12.2 Å². The summed E-state index contributed by atoms with van der Waals surface area (Å²) in [6.45, 7) is 9.44. The summed E-state index contributed by atoms with van der Waals surface area (Å²) in [5, 5.41) is 8.29. The molecule has 1 aliphatic rings. The number of hydrogen-bond donors (Lipinski definition) is 4. The molecule has 2 rings (SSSR count). The number of rotatable bonds is 11. The largest absolute Gasteiger partial charge is 0.492 e. The van der Waals surface area contributed by atoms with E-state index in [4.69, 9.17) is 17.0 Å². The first kappa shape index (κ1) is 26.6. The Bertz CT molecular complexity index is 1040. The predicted molar refractivity (Wildman–Crippen MR) is 130 cm³/mol. The molecule has 11 heteroatoms. The van der Waals surface area contributed by atoms with Crippen LogP contribution in [0.1, 0.15) is 59.1 Å². The maximum Gasteiger partial charge on any atom is 0.267 e. The molecule has 2 atom stereocenters. The van der Waals surface area contributed by atoms with Crippen molar-refractivity contribution in [2.45, 2.75) is 64.4 Å². The average molecular weight is 497 g/mol. The van der Waals surface area contributed by atoms with Gasteiger partial charge in [-0.1, -0.05) is 13.0 Å². The zero-order chi connectivity index (χ0) is 24.8. The van der Waals surface area contributed by atoms with Gasteiger partial charge in [0.1, 0.15) is 10.6 Å². The first-order valence-electron chi connectivity index (χ1n) is 10.8. The van der Waals surface area contributed by atoms with E-state index in [9.17, 15) is 18.0 Å². The molecule has 1 heterocycles. The lowest BCUT2D eigenvalue weighted by Gasteiger charge is -2.31. The van der Waals surface area contributed by atoms with Crippen molar-refractivity contribution in [3.63, 3.8) is 0 Å². The molecule has 0 fully saturated rings. The normalized spacial score (nSPS) is 18.8. The molecule has 0 aliphatic carbocycles. The summed E-state index contributed by atoms with van der Waals surface area (Å²) in [6, 6.07) is 4.01. The van der Waals surface area contributed by atoms with Crippen molar-refractivity contribution in [1.82, 2.24) is 20.7 Å². The molecule has 0 aromatic heterocycles. The Balaban J connectivity index is 2.50. The number of carbonyl (C=O) groups is 2. The van der Waals surface area contributed by atoms with Crippen LogP contribution in [0.15, 0.2) is 34.9 Å². The number of nitrogens with one attached hydrogen (secondary N) is 4. The third kappa shape index (κ3) is 6.02. The van der Waals surface area contributed by atoms with Crippen molar-refractivity contribution < 1.29 is 22.7 Å². The zero-order valence-electron chi connectivity index (χ0n) is 19.5. The van der Waals surface area contributed by atoms with Gasteiger partial charge in [0.2, 0.25) is 12.3 Å². The van der Waals surface area contributed by atoms with Gasteiger partial charge in [-0.25, -0.2) is 8.42 Å². The topological polar surface area (TPSA) is 126 Å². The second-order valence-electron chi connectivity index (χ2n) is 8.15. The van der Waals surface area contributed by atoms with Gasteiger partial charge in [-0.3, -0.25) is 14.3 Å². The van der Waals surface area contributed by atoms with Crippen molar-refractivity contribution in [2.75, 3.05) is 6.61 Å². The quantitative estimate of drug-likeness (QED) is 0.273. The Morgan fingerprint density at radius 1 is 1.30 bits per heavy atom. The van der Waals surface area contributed by atoms with Crippen LogP contribution < -0.4 is 25.4 Å². The maximum atomic E-state index is 13.1. The summed E-state index contributed by atoms with van der Waals surface area (Å²) < 4.78 is 34.2. The van der Waals surface area contributed by atoms with Gasteiger partial charge in [0.15, 0.2) is 5.11 Å². The average Bonchev–Trinajstić information content (AvgIpc) is 3.01. The number of thiocarbonyl (C=S) groups is 1. The summed E-state index contributed by atoms with van der Waals surface area (Å²) in [4.78, 5) is 24.0. The lowest BCUT2D eigenvalue weighted by atomic mass is 9.73. The van der Waals surface area contributed by atoms with Crippen LogP contribution >= 0.6 is 12.2 Å². The van der Waals surface area contributed by atoms with E-state index in [0.717, 1.165) is 5.57 Å². The number of ether oxygens (including phenoxy) is 1. The first-order valence-corrected chi connectivity index (χ1v) is 12.7. The van der Waals surface area contributed by atoms with Crippen LogP contribution in [0.25, 0.3) is 0 Å². The van der Waals surface area contributed by atoms with E-state index in [1.807, 2.05) is 27.7 Å². The molecule has 4 N–H and O–H groups in total. The summed E-state index contributed by atoms with van der Waals surface area (Å²) in [5.41, 5.74) is 0.575. The minimum absolute atomic E-state index is 0.0336. The van der Waals surface area contributed by atoms with Crippen molar-refractivity contribution in [3.8, 4) is 5.75 Å². The summed E-state index contributed by atoms with van der Waals surface area (Å²) in [6.07, 6.45) is 3.01. The molecule has 9 nitrogen and oxygen atoms in total. The SMILES string of the molecule is CCOc1ccc(C(CC2(CC)C(=O)NC=C2C)NC=O)cc1S(=O)(=O)NC(=S)NC(C)C. The summed E-state index contributed by atoms with van der Waals surface area (Å²) in [5.74, 6) is 0.0107. The minimum Gasteiger partial charge on any atom is -0.492 e. The molecule has 1 aliphatic heterocycles. The third-order valence-electron chi connectivity index (χ3n) is 5.64. The van der Waals surface area contributed by atoms with Crippen molar-refractivity contribution >= 4 is 39.7 Å². The van der Waals surface area contributed by atoms with Gasteiger partial charge in [0.25, 0.3) is 10.0 Å². The Kier molecular flexibility index (Phi) is 8.84. The molecule has 0 spiro atoms. The van der Waals surface area contributed by atoms with Crippen molar-refractivity contribution in [1.29, 1.82) is 0 Å². The van der Waals surface area contributed by atoms with Gasteiger partial charge in [-0.05, 0) is 76.0 Å². The highest BCUT2D eigenvalue weighted by molar-refractivity contribution is 7.92. The van der Waals surface area contributed by atoms with Crippen LogP contribution in [0, 0.1) is 5.41 Å². The third-order valence-corrected chi connectivity index (χ3v) is 7.36. The highest BCUT2D eigenvalue weighted by Crippen LogP contribution is 2.43. The number of benzene rings is 1. The van der Waals surface area contributed by atoms with Crippen LogP contribution in [0.5, 0.6) is 5.75 Å². The lowest BCUT2D eigenvalue weighted by Crippen LogP contribution is -2.42. The predicted octanol–water partition coefficient (Wildman–Crippen LogP) is 2.25. The Morgan fingerprint density at radius 3 is 2.52 bits per heavy atom. The number of carbonyl (C=O) groups excluding carboxylic acids is 2. The van der Waals surface area contributed by atoms with E-state index in [1.165, 1.54) is 6.07 Å². The summed E-state index contributed by atoms with van der Waals surface area (Å²) >= 11 is 5.11. The van der Waals surface area contributed by atoms with Crippen LogP contribution in [0.2, 0.25) is 0 Å². The van der Waals surface area contributed by atoms with E-state index in [0.29, 0.717) is 18.4 Å². The highest BCUT2D eigenvalue weighted by Gasteiger charge is 2.44. The molecule has 2 amide bonds. The molecule has 33 heavy (non-hydrogen) atoms.